The standard InChI is InChI=1S/C9H14N4O4/c10-8-3(1-12-9(11)13-8)7-6(16)5(15)4(2-14)17-7/h1,4-7,14-16H,2H2,(H4,10,11,12,13)/t4-,5-,6-,7+/m1/s1. The molecule has 0 bridgehead atoms. The summed E-state index contributed by atoms with van der Waals surface area (Å²) in [5.41, 5.74) is 11.3. The average molecular weight is 242 g/mol. The van der Waals surface area contributed by atoms with Crippen molar-refractivity contribution in [2.24, 2.45) is 0 Å². The molecule has 0 aromatic carbocycles. The van der Waals surface area contributed by atoms with Crippen molar-refractivity contribution in [1.29, 1.82) is 0 Å². The lowest BCUT2D eigenvalue weighted by Gasteiger charge is -2.15. The molecule has 1 aliphatic heterocycles. The zero-order valence-electron chi connectivity index (χ0n) is 8.89. The minimum Gasteiger partial charge on any atom is -0.394 e. The fourth-order valence-electron chi connectivity index (χ4n) is 1.79. The van der Waals surface area contributed by atoms with Crippen LogP contribution in [-0.4, -0.2) is 50.2 Å². The summed E-state index contributed by atoms with van der Waals surface area (Å²) in [7, 11) is 0. The highest BCUT2D eigenvalue weighted by molar-refractivity contribution is 5.43. The molecule has 0 spiro atoms. The zero-order valence-corrected chi connectivity index (χ0v) is 8.89. The molecule has 4 atom stereocenters. The third-order valence-corrected chi connectivity index (χ3v) is 2.72. The molecule has 1 aliphatic rings. The van der Waals surface area contributed by atoms with Crippen molar-refractivity contribution in [2.45, 2.75) is 24.4 Å². The number of aliphatic hydroxyl groups is 3. The minimum absolute atomic E-state index is 0.0120. The van der Waals surface area contributed by atoms with Gasteiger partial charge in [0, 0.05) is 11.8 Å². The predicted molar refractivity (Wildman–Crippen MR) is 57.6 cm³/mol. The normalized spacial score (nSPS) is 32.9. The van der Waals surface area contributed by atoms with Gasteiger partial charge in [-0.15, -0.1) is 0 Å². The van der Waals surface area contributed by atoms with E-state index in [1.807, 2.05) is 0 Å². The summed E-state index contributed by atoms with van der Waals surface area (Å²) in [6, 6.07) is 0. The molecule has 17 heavy (non-hydrogen) atoms. The van der Waals surface area contributed by atoms with Crippen molar-refractivity contribution in [2.75, 3.05) is 18.1 Å². The smallest absolute Gasteiger partial charge is 0.221 e. The molecule has 8 heteroatoms. The number of ether oxygens (including phenoxy) is 1. The van der Waals surface area contributed by atoms with E-state index >= 15 is 0 Å². The van der Waals surface area contributed by atoms with E-state index in [1.165, 1.54) is 6.20 Å². The van der Waals surface area contributed by atoms with Gasteiger partial charge in [-0.1, -0.05) is 0 Å². The fraction of sp³-hybridized carbons (Fsp3) is 0.556. The van der Waals surface area contributed by atoms with Crippen molar-refractivity contribution in [3.05, 3.63) is 11.8 Å². The Morgan fingerprint density at radius 2 is 2.00 bits per heavy atom. The Morgan fingerprint density at radius 1 is 1.29 bits per heavy atom. The Kier molecular flexibility index (Phi) is 3.11. The maximum absolute atomic E-state index is 9.78. The first-order valence-electron chi connectivity index (χ1n) is 5.05. The monoisotopic (exact) mass is 242 g/mol. The van der Waals surface area contributed by atoms with E-state index in [2.05, 4.69) is 9.97 Å². The van der Waals surface area contributed by atoms with Gasteiger partial charge < -0.3 is 31.5 Å². The average Bonchev–Trinajstić information content (AvgIpc) is 2.57. The first-order valence-corrected chi connectivity index (χ1v) is 5.05. The second-order valence-corrected chi connectivity index (χ2v) is 3.83. The lowest BCUT2D eigenvalue weighted by molar-refractivity contribution is -0.0227. The molecule has 0 amide bonds. The largest absolute Gasteiger partial charge is 0.394 e. The van der Waals surface area contributed by atoms with Crippen LogP contribution in [0.1, 0.15) is 11.7 Å². The summed E-state index contributed by atoms with van der Waals surface area (Å²) in [5, 5.41) is 28.3. The van der Waals surface area contributed by atoms with Crippen molar-refractivity contribution in [3.63, 3.8) is 0 Å². The minimum atomic E-state index is -1.19. The highest BCUT2D eigenvalue weighted by Crippen LogP contribution is 2.35. The van der Waals surface area contributed by atoms with Gasteiger partial charge in [0.05, 0.1) is 6.61 Å². The molecule has 7 N–H and O–H groups in total. The van der Waals surface area contributed by atoms with Gasteiger partial charge in [-0.05, 0) is 0 Å². The number of aromatic nitrogens is 2. The summed E-state index contributed by atoms with van der Waals surface area (Å²) in [4.78, 5) is 7.48. The Hall–Kier alpha value is -1.48. The van der Waals surface area contributed by atoms with Crippen LogP contribution in [0.25, 0.3) is 0 Å². The number of aliphatic hydroxyl groups excluding tert-OH is 3. The molecule has 0 radical (unpaired) electrons. The summed E-state index contributed by atoms with van der Waals surface area (Å²) < 4.78 is 5.29. The maximum atomic E-state index is 9.78. The van der Waals surface area contributed by atoms with Crippen molar-refractivity contribution in [1.82, 2.24) is 9.97 Å². The highest BCUT2D eigenvalue weighted by atomic mass is 16.6. The van der Waals surface area contributed by atoms with Crippen LogP contribution in [0.3, 0.4) is 0 Å². The second-order valence-electron chi connectivity index (χ2n) is 3.83. The van der Waals surface area contributed by atoms with Gasteiger partial charge in [-0.25, -0.2) is 4.98 Å². The number of nitrogens with two attached hydrogens (primary N) is 2. The van der Waals surface area contributed by atoms with E-state index in [9.17, 15) is 10.2 Å². The van der Waals surface area contributed by atoms with Crippen LogP contribution in [0, 0.1) is 0 Å². The molecule has 0 saturated carbocycles. The van der Waals surface area contributed by atoms with Crippen molar-refractivity contribution < 1.29 is 20.1 Å². The van der Waals surface area contributed by atoms with Crippen LogP contribution in [0.2, 0.25) is 0 Å². The topological polar surface area (TPSA) is 148 Å². The SMILES string of the molecule is Nc1ncc([C@@H]2O[C@H](CO)[C@@H](O)[C@H]2O)c(N)n1. The number of nitrogens with zero attached hydrogens (tertiary/aromatic N) is 2. The Balaban J connectivity index is 2.29. The number of anilines is 2. The molecule has 0 unspecified atom stereocenters. The van der Waals surface area contributed by atoms with Gasteiger partial charge >= 0.3 is 0 Å². The van der Waals surface area contributed by atoms with Crippen LogP contribution in [0.15, 0.2) is 6.20 Å². The molecule has 2 rings (SSSR count). The predicted octanol–water partition coefficient (Wildman–Crippen LogP) is -2.20. The number of hydrogen-bond acceptors (Lipinski definition) is 8. The molecule has 8 nitrogen and oxygen atoms in total. The first-order chi connectivity index (χ1) is 8.04. The maximum Gasteiger partial charge on any atom is 0.221 e. The van der Waals surface area contributed by atoms with E-state index < -0.39 is 31.0 Å². The Morgan fingerprint density at radius 3 is 2.53 bits per heavy atom. The summed E-state index contributed by atoms with van der Waals surface area (Å²) >= 11 is 0. The van der Waals surface area contributed by atoms with Crippen molar-refractivity contribution in [3.8, 4) is 0 Å². The van der Waals surface area contributed by atoms with Crippen molar-refractivity contribution >= 4 is 11.8 Å². The van der Waals surface area contributed by atoms with Crippen LogP contribution in [-0.2, 0) is 4.74 Å². The third kappa shape index (κ3) is 2.03. The molecule has 1 aromatic rings. The molecule has 2 heterocycles. The zero-order chi connectivity index (χ0) is 12.6. The third-order valence-electron chi connectivity index (χ3n) is 2.72. The summed E-state index contributed by atoms with van der Waals surface area (Å²) in [6.07, 6.45) is -2.77. The molecule has 1 saturated heterocycles. The van der Waals surface area contributed by atoms with Gasteiger partial charge in [0.15, 0.2) is 0 Å². The van der Waals surface area contributed by atoms with Gasteiger partial charge in [0.2, 0.25) is 5.95 Å². The molecular formula is C9H14N4O4. The van der Waals surface area contributed by atoms with E-state index in [1.54, 1.807) is 0 Å². The Labute approximate surface area is 96.9 Å². The van der Waals surface area contributed by atoms with Crippen LogP contribution >= 0.6 is 0 Å². The molecule has 94 valence electrons. The lowest BCUT2D eigenvalue weighted by atomic mass is 10.0. The van der Waals surface area contributed by atoms with E-state index in [-0.39, 0.29) is 11.8 Å². The van der Waals surface area contributed by atoms with Crippen LogP contribution in [0.5, 0.6) is 0 Å². The van der Waals surface area contributed by atoms with Gasteiger partial charge in [-0.3, -0.25) is 0 Å². The van der Waals surface area contributed by atoms with E-state index in [0.717, 1.165) is 0 Å². The van der Waals surface area contributed by atoms with Gasteiger partial charge in [0.25, 0.3) is 0 Å². The second kappa shape index (κ2) is 4.41. The molecular weight excluding hydrogens is 228 g/mol. The van der Waals surface area contributed by atoms with E-state index in [4.69, 9.17) is 21.3 Å². The van der Waals surface area contributed by atoms with Crippen LogP contribution in [0.4, 0.5) is 11.8 Å². The molecule has 1 fully saturated rings. The van der Waals surface area contributed by atoms with Crippen LogP contribution < -0.4 is 11.5 Å². The molecule has 1 aromatic heterocycles. The van der Waals surface area contributed by atoms with Gasteiger partial charge in [-0.2, -0.15) is 4.98 Å². The summed E-state index contributed by atoms with van der Waals surface area (Å²) in [6.45, 7) is -0.398. The summed E-state index contributed by atoms with van der Waals surface area (Å²) in [5.74, 6) is 0.0883. The first kappa shape index (κ1) is 12.0. The fourth-order valence-corrected chi connectivity index (χ4v) is 1.79. The number of rotatable bonds is 2. The quantitative estimate of drug-likeness (QED) is 0.392. The number of hydrogen-bond donors (Lipinski definition) is 5. The molecule has 0 aliphatic carbocycles. The lowest BCUT2D eigenvalue weighted by Crippen LogP contribution is -2.32. The highest BCUT2D eigenvalue weighted by Gasteiger charge is 2.44. The van der Waals surface area contributed by atoms with Gasteiger partial charge in [0.1, 0.15) is 30.2 Å². The number of nitrogen functional groups attached to an aromatic ring is 2. The Bertz CT molecular complexity index is 416. The van der Waals surface area contributed by atoms with E-state index in [0.29, 0.717) is 5.56 Å².